The Morgan fingerprint density at radius 3 is 3.05 bits per heavy atom. The third-order valence-corrected chi connectivity index (χ3v) is 3.19. The smallest absolute Gasteiger partial charge is 0.220 e. The van der Waals surface area contributed by atoms with Gasteiger partial charge in [-0.2, -0.15) is 5.26 Å². The van der Waals surface area contributed by atoms with Gasteiger partial charge >= 0.3 is 0 Å². The van der Waals surface area contributed by atoms with Crippen LogP contribution in [0, 0.1) is 11.3 Å². The highest BCUT2D eigenvalue weighted by molar-refractivity contribution is 5.78. The SMILES string of the molecule is COc1cc(CNCC2CCC(=O)N2)ccc1C#N. The fourth-order valence-electron chi connectivity index (χ4n) is 2.16. The molecule has 0 spiro atoms. The van der Waals surface area contributed by atoms with E-state index >= 15 is 0 Å². The predicted octanol–water partition coefficient (Wildman–Crippen LogP) is 0.935. The Hall–Kier alpha value is -2.06. The van der Waals surface area contributed by atoms with Crippen LogP contribution in [0.2, 0.25) is 0 Å². The van der Waals surface area contributed by atoms with Crippen LogP contribution in [0.5, 0.6) is 5.75 Å². The van der Waals surface area contributed by atoms with Crippen molar-refractivity contribution in [3.05, 3.63) is 29.3 Å². The maximum absolute atomic E-state index is 11.1. The third kappa shape index (κ3) is 3.46. The van der Waals surface area contributed by atoms with Crippen molar-refractivity contribution >= 4 is 5.91 Å². The number of methoxy groups -OCH3 is 1. The molecule has 1 aromatic rings. The van der Waals surface area contributed by atoms with E-state index < -0.39 is 0 Å². The molecule has 0 aliphatic carbocycles. The number of nitriles is 1. The summed E-state index contributed by atoms with van der Waals surface area (Å²) in [7, 11) is 1.56. The van der Waals surface area contributed by atoms with Crippen molar-refractivity contribution in [3.63, 3.8) is 0 Å². The topological polar surface area (TPSA) is 74.2 Å². The number of rotatable bonds is 5. The Morgan fingerprint density at radius 1 is 1.58 bits per heavy atom. The van der Waals surface area contributed by atoms with Crippen molar-refractivity contribution in [3.8, 4) is 11.8 Å². The van der Waals surface area contributed by atoms with E-state index in [0.717, 1.165) is 18.5 Å². The Bertz CT molecular complexity index is 508. The van der Waals surface area contributed by atoms with E-state index in [-0.39, 0.29) is 11.9 Å². The second-order valence-corrected chi connectivity index (χ2v) is 4.58. The Labute approximate surface area is 112 Å². The van der Waals surface area contributed by atoms with Gasteiger partial charge in [-0.25, -0.2) is 0 Å². The van der Waals surface area contributed by atoms with Gasteiger partial charge in [0.25, 0.3) is 0 Å². The molecule has 1 atom stereocenters. The molecule has 5 heteroatoms. The first kappa shape index (κ1) is 13.4. The number of benzene rings is 1. The van der Waals surface area contributed by atoms with Gasteiger partial charge in [0.1, 0.15) is 11.8 Å². The summed E-state index contributed by atoms with van der Waals surface area (Å²) in [6.07, 6.45) is 1.51. The van der Waals surface area contributed by atoms with E-state index in [4.69, 9.17) is 10.00 Å². The molecule has 0 aromatic heterocycles. The fraction of sp³-hybridized carbons (Fsp3) is 0.429. The van der Waals surface area contributed by atoms with Crippen molar-refractivity contribution in [1.29, 1.82) is 5.26 Å². The van der Waals surface area contributed by atoms with Gasteiger partial charge in [-0.05, 0) is 24.1 Å². The molecule has 2 rings (SSSR count). The van der Waals surface area contributed by atoms with E-state index in [0.29, 0.717) is 24.3 Å². The lowest BCUT2D eigenvalue weighted by Gasteiger charge is -2.12. The molecule has 1 fully saturated rings. The number of nitrogens with one attached hydrogen (secondary N) is 2. The molecule has 1 heterocycles. The molecule has 2 N–H and O–H groups in total. The summed E-state index contributed by atoms with van der Waals surface area (Å²) in [5, 5.41) is 15.1. The van der Waals surface area contributed by atoms with Gasteiger partial charge in [0.15, 0.2) is 0 Å². The quantitative estimate of drug-likeness (QED) is 0.825. The predicted molar refractivity (Wildman–Crippen MR) is 70.6 cm³/mol. The lowest BCUT2D eigenvalue weighted by Crippen LogP contribution is -2.35. The van der Waals surface area contributed by atoms with E-state index in [1.165, 1.54) is 0 Å². The summed E-state index contributed by atoms with van der Waals surface area (Å²) in [4.78, 5) is 11.1. The van der Waals surface area contributed by atoms with Gasteiger partial charge in [-0.1, -0.05) is 6.07 Å². The highest BCUT2D eigenvalue weighted by Crippen LogP contribution is 2.19. The molecule has 1 aliphatic rings. The fourth-order valence-corrected chi connectivity index (χ4v) is 2.16. The summed E-state index contributed by atoms with van der Waals surface area (Å²) in [5.41, 5.74) is 1.59. The van der Waals surface area contributed by atoms with Crippen LogP contribution >= 0.6 is 0 Å². The molecular weight excluding hydrogens is 242 g/mol. The number of hydrogen-bond acceptors (Lipinski definition) is 4. The summed E-state index contributed by atoms with van der Waals surface area (Å²) in [6.45, 7) is 1.45. The first-order valence-electron chi connectivity index (χ1n) is 6.30. The lowest BCUT2D eigenvalue weighted by molar-refractivity contribution is -0.119. The van der Waals surface area contributed by atoms with Crippen molar-refractivity contribution < 1.29 is 9.53 Å². The second kappa shape index (κ2) is 6.21. The zero-order valence-corrected chi connectivity index (χ0v) is 10.9. The summed E-state index contributed by atoms with van der Waals surface area (Å²) >= 11 is 0. The van der Waals surface area contributed by atoms with Crippen LogP contribution in [0.1, 0.15) is 24.0 Å². The number of amides is 1. The Kier molecular flexibility index (Phi) is 4.37. The number of hydrogen-bond donors (Lipinski definition) is 2. The highest BCUT2D eigenvalue weighted by atomic mass is 16.5. The third-order valence-electron chi connectivity index (χ3n) is 3.19. The molecule has 1 aromatic carbocycles. The molecule has 1 unspecified atom stereocenters. The molecule has 0 bridgehead atoms. The van der Waals surface area contributed by atoms with Gasteiger partial charge in [-0.15, -0.1) is 0 Å². The molecule has 5 nitrogen and oxygen atoms in total. The molecule has 1 aliphatic heterocycles. The van der Waals surface area contributed by atoms with Gasteiger partial charge in [-0.3, -0.25) is 4.79 Å². The van der Waals surface area contributed by atoms with Crippen LogP contribution in [0.4, 0.5) is 0 Å². The molecular formula is C14H17N3O2. The minimum absolute atomic E-state index is 0.131. The summed E-state index contributed by atoms with van der Waals surface area (Å²) in [6, 6.07) is 7.84. The van der Waals surface area contributed by atoms with Crippen LogP contribution < -0.4 is 15.4 Å². The normalized spacial score (nSPS) is 17.9. The number of carbonyl (C=O) groups excluding carboxylic acids is 1. The van der Waals surface area contributed by atoms with Crippen LogP contribution in [-0.2, 0) is 11.3 Å². The summed E-state index contributed by atoms with van der Waals surface area (Å²) < 4.78 is 5.16. The zero-order valence-electron chi connectivity index (χ0n) is 10.9. The van der Waals surface area contributed by atoms with Crippen molar-refractivity contribution in [1.82, 2.24) is 10.6 Å². The van der Waals surface area contributed by atoms with Crippen molar-refractivity contribution in [2.24, 2.45) is 0 Å². The van der Waals surface area contributed by atoms with Gasteiger partial charge in [0.05, 0.1) is 12.7 Å². The average Bonchev–Trinajstić information content (AvgIpc) is 2.84. The van der Waals surface area contributed by atoms with Gasteiger partial charge in [0.2, 0.25) is 5.91 Å². The second-order valence-electron chi connectivity index (χ2n) is 4.58. The first-order valence-corrected chi connectivity index (χ1v) is 6.30. The monoisotopic (exact) mass is 259 g/mol. The number of nitrogens with zero attached hydrogens (tertiary/aromatic N) is 1. The van der Waals surface area contributed by atoms with Crippen LogP contribution in [0.25, 0.3) is 0 Å². The number of ether oxygens (including phenoxy) is 1. The molecule has 100 valence electrons. The van der Waals surface area contributed by atoms with Crippen LogP contribution in [0.15, 0.2) is 18.2 Å². The molecule has 0 saturated carbocycles. The van der Waals surface area contributed by atoms with Crippen molar-refractivity contribution in [2.45, 2.75) is 25.4 Å². The lowest BCUT2D eigenvalue weighted by atomic mass is 10.1. The summed E-state index contributed by atoms with van der Waals surface area (Å²) in [5.74, 6) is 0.725. The zero-order chi connectivity index (χ0) is 13.7. The minimum Gasteiger partial charge on any atom is -0.495 e. The van der Waals surface area contributed by atoms with Crippen molar-refractivity contribution in [2.75, 3.05) is 13.7 Å². The van der Waals surface area contributed by atoms with Gasteiger partial charge < -0.3 is 15.4 Å². The Balaban J connectivity index is 1.86. The average molecular weight is 259 g/mol. The minimum atomic E-state index is 0.131. The largest absolute Gasteiger partial charge is 0.495 e. The maximum Gasteiger partial charge on any atom is 0.220 e. The molecule has 0 radical (unpaired) electrons. The number of carbonyl (C=O) groups is 1. The Morgan fingerprint density at radius 2 is 2.42 bits per heavy atom. The van der Waals surface area contributed by atoms with E-state index in [2.05, 4.69) is 16.7 Å². The first-order chi connectivity index (χ1) is 9.22. The molecule has 1 saturated heterocycles. The molecule has 19 heavy (non-hydrogen) atoms. The van der Waals surface area contributed by atoms with E-state index in [9.17, 15) is 4.79 Å². The molecule has 1 amide bonds. The van der Waals surface area contributed by atoms with E-state index in [1.807, 2.05) is 12.1 Å². The maximum atomic E-state index is 11.1. The van der Waals surface area contributed by atoms with Gasteiger partial charge in [0, 0.05) is 25.6 Å². The van der Waals surface area contributed by atoms with Crippen LogP contribution in [-0.4, -0.2) is 25.6 Å². The highest BCUT2D eigenvalue weighted by Gasteiger charge is 2.19. The standard InChI is InChI=1S/C14H17N3O2/c1-19-13-6-10(2-3-11(13)7-15)8-16-9-12-4-5-14(18)17-12/h2-3,6,12,16H,4-5,8-9H2,1H3,(H,17,18). The van der Waals surface area contributed by atoms with Crippen LogP contribution in [0.3, 0.4) is 0 Å². The van der Waals surface area contributed by atoms with E-state index in [1.54, 1.807) is 13.2 Å².